The zero-order valence-electron chi connectivity index (χ0n) is 18.5. The highest BCUT2D eigenvalue weighted by Crippen LogP contribution is 2.42. The highest BCUT2D eigenvalue weighted by Gasteiger charge is 2.40. The summed E-state index contributed by atoms with van der Waals surface area (Å²) in [6, 6.07) is 7.46. The molecule has 1 saturated heterocycles. The van der Waals surface area contributed by atoms with E-state index in [4.69, 9.17) is 9.47 Å². The van der Waals surface area contributed by atoms with E-state index in [0.717, 1.165) is 36.9 Å². The lowest BCUT2D eigenvalue weighted by Gasteiger charge is -2.26. The summed E-state index contributed by atoms with van der Waals surface area (Å²) < 4.78 is 10.9. The monoisotopic (exact) mass is 425 g/mol. The molecule has 1 amide bonds. The third-order valence-electron chi connectivity index (χ3n) is 6.68. The maximum absolute atomic E-state index is 13.3. The van der Waals surface area contributed by atoms with Gasteiger partial charge in [0.1, 0.15) is 5.82 Å². The molecule has 31 heavy (non-hydrogen) atoms. The largest absolute Gasteiger partial charge is 0.493 e. The van der Waals surface area contributed by atoms with E-state index in [0.29, 0.717) is 30.4 Å². The van der Waals surface area contributed by atoms with E-state index in [1.807, 2.05) is 23.1 Å². The number of aromatic amines is 1. The number of carbonyl (C=O) groups is 1. The smallest absolute Gasteiger partial charge is 0.251 e. The molecule has 2 atom stereocenters. The first-order valence-electron chi connectivity index (χ1n) is 11.1. The second kappa shape index (κ2) is 9.12. The van der Waals surface area contributed by atoms with Crippen molar-refractivity contribution in [3.8, 4) is 11.5 Å². The first-order valence-corrected chi connectivity index (χ1v) is 11.1. The van der Waals surface area contributed by atoms with Crippen LogP contribution in [0.25, 0.3) is 0 Å². The van der Waals surface area contributed by atoms with Gasteiger partial charge < -0.3 is 19.4 Å². The number of rotatable bonds is 5. The molecule has 1 N–H and O–H groups in total. The van der Waals surface area contributed by atoms with Gasteiger partial charge in [-0.2, -0.15) is 0 Å². The van der Waals surface area contributed by atoms with E-state index in [1.54, 1.807) is 27.2 Å². The van der Waals surface area contributed by atoms with Crippen molar-refractivity contribution in [3.63, 3.8) is 0 Å². The topological polar surface area (TPSA) is 84.5 Å². The van der Waals surface area contributed by atoms with E-state index >= 15 is 0 Å². The highest BCUT2D eigenvalue weighted by atomic mass is 16.5. The summed E-state index contributed by atoms with van der Waals surface area (Å²) >= 11 is 0. The summed E-state index contributed by atoms with van der Waals surface area (Å²) in [6.07, 6.45) is 5.42. The predicted octanol–water partition coefficient (Wildman–Crippen LogP) is 3.39. The summed E-state index contributed by atoms with van der Waals surface area (Å²) in [5.41, 5.74) is 1.63. The summed E-state index contributed by atoms with van der Waals surface area (Å²) in [6.45, 7) is 2.98. The molecule has 1 aromatic heterocycles. The lowest BCUT2D eigenvalue weighted by Crippen LogP contribution is -2.35. The number of likely N-dealkylation sites (tertiary alicyclic amines) is 1. The number of nitrogens with zero attached hydrogens (tertiary/aromatic N) is 2. The van der Waals surface area contributed by atoms with Crippen LogP contribution in [0, 0.1) is 12.8 Å². The van der Waals surface area contributed by atoms with Crippen LogP contribution < -0.4 is 15.0 Å². The van der Waals surface area contributed by atoms with Gasteiger partial charge in [0.05, 0.1) is 19.9 Å². The molecule has 7 nitrogen and oxygen atoms in total. The van der Waals surface area contributed by atoms with Gasteiger partial charge in [0.15, 0.2) is 11.5 Å². The van der Waals surface area contributed by atoms with Gasteiger partial charge in [-0.05, 0) is 37.5 Å². The minimum Gasteiger partial charge on any atom is -0.493 e. The molecule has 166 valence electrons. The van der Waals surface area contributed by atoms with Gasteiger partial charge in [0, 0.05) is 36.9 Å². The maximum atomic E-state index is 13.3. The molecule has 2 fully saturated rings. The van der Waals surface area contributed by atoms with Gasteiger partial charge in [0.2, 0.25) is 5.91 Å². The van der Waals surface area contributed by atoms with E-state index in [9.17, 15) is 9.59 Å². The van der Waals surface area contributed by atoms with Crippen molar-refractivity contribution in [1.82, 2.24) is 14.9 Å². The Morgan fingerprint density at radius 2 is 1.74 bits per heavy atom. The van der Waals surface area contributed by atoms with Crippen molar-refractivity contribution < 1.29 is 14.3 Å². The number of nitrogens with one attached hydrogen (secondary N) is 1. The van der Waals surface area contributed by atoms with Crippen LogP contribution in [0.1, 0.15) is 61.0 Å². The number of ether oxygens (including phenoxy) is 2. The average molecular weight is 426 g/mol. The van der Waals surface area contributed by atoms with Crippen LogP contribution in [0.15, 0.2) is 29.1 Å². The Morgan fingerprint density at radius 1 is 1.03 bits per heavy atom. The average Bonchev–Trinajstić information content (AvgIpc) is 3.23. The van der Waals surface area contributed by atoms with Crippen molar-refractivity contribution in [2.24, 2.45) is 5.92 Å². The summed E-state index contributed by atoms with van der Waals surface area (Å²) in [5.74, 6) is 2.26. The molecule has 0 bridgehead atoms. The number of benzene rings is 1. The van der Waals surface area contributed by atoms with Gasteiger partial charge in [-0.25, -0.2) is 4.98 Å². The summed E-state index contributed by atoms with van der Waals surface area (Å²) in [7, 11) is 3.23. The summed E-state index contributed by atoms with van der Waals surface area (Å²) in [5, 5.41) is 0. The molecule has 1 aromatic carbocycles. The van der Waals surface area contributed by atoms with E-state index in [2.05, 4.69) is 9.97 Å². The van der Waals surface area contributed by atoms with Crippen LogP contribution in [0.2, 0.25) is 0 Å². The molecule has 0 unspecified atom stereocenters. The molecular formula is C24H31N3O4. The van der Waals surface area contributed by atoms with E-state index < -0.39 is 0 Å². The summed E-state index contributed by atoms with van der Waals surface area (Å²) in [4.78, 5) is 34.8. The van der Waals surface area contributed by atoms with Crippen molar-refractivity contribution in [2.45, 2.75) is 50.9 Å². The molecule has 0 spiro atoms. The predicted molar refractivity (Wildman–Crippen MR) is 118 cm³/mol. The van der Waals surface area contributed by atoms with Crippen molar-refractivity contribution in [2.75, 3.05) is 27.3 Å². The van der Waals surface area contributed by atoms with Crippen LogP contribution in [0.5, 0.6) is 11.5 Å². The normalized spacial score (nSPS) is 21.8. The molecular weight excluding hydrogens is 394 g/mol. The van der Waals surface area contributed by atoms with Gasteiger partial charge in [0.25, 0.3) is 5.56 Å². The Labute approximate surface area is 182 Å². The Kier molecular flexibility index (Phi) is 6.30. The van der Waals surface area contributed by atoms with Crippen LogP contribution in [-0.2, 0) is 4.79 Å². The highest BCUT2D eigenvalue weighted by molar-refractivity contribution is 5.79. The van der Waals surface area contributed by atoms with Gasteiger partial charge in [-0.1, -0.05) is 25.3 Å². The zero-order valence-corrected chi connectivity index (χ0v) is 18.5. The molecule has 1 aliphatic heterocycles. The van der Waals surface area contributed by atoms with Crippen molar-refractivity contribution in [3.05, 3.63) is 51.7 Å². The first kappa shape index (κ1) is 21.4. The molecule has 0 radical (unpaired) electrons. The Hall–Kier alpha value is -2.83. The Morgan fingerprint density at radius 3 is 2.42 bits per heavy atom. The standard InChI is InChI=1S/C24H31N3O4/c1-15-25-20(12-23(28)26-15)19-14-27(24(29)16-7-5-4-6-8-16)13-18(19)17-9-10-21(30-2)22(11-17)31-3/h9-12,16,18-19H,4-8,13-14H2,1-3H3,(H,25,26,28)/t18-,19+/m0/s1. The number of aryl methyl sites for hydroxylation is 1. The number of hydrogen-bond acceptors (Lipinski definition) is 5. The fraction of sp³-hybridized carbons (Fsp3) is 0.542. The minimum absolute atomic E-state index is 0.0287. The number of amides is 1. The van der Waals surface area contributed by atoms with E-state index in [1.165, 1.54) is 6.42 Å². The molecule has 2 aliphatic rings. The lowest BCUT2D eigenvalue weighted by molar-refractivity contribution is -0.135. The quantitative estimate of drug-likeness (QED) is 0.794. The molecule has 2 heterocycles. The Balaban J connectivity index is 1.69. The number of H-pyrrole nitrogens is 1. The molecule has 2 aromatic rings. The zero-order chi connectivity index (χ0) is 22.0. The SMILES string of the molecule is COc1ccc([C@@H]2CN(C(=O)C3CCCCC3)C[C@H]2c2cc(=O)[nH]c(C)n2)cc1OC. The second-order valence-corrected chi connectivity index (χ2v) is 8.66. The number of methoxy groups -OCH3 is 2. The van der Waals surface area contributed by atoms with Gasteiger partial charge in [-0.15, -0.1) is 0 Å². The fourth-order valence-electron chi connectivity index (χ4n) is 5.10. The van der Waals surface area contributed by atoms with E-state index in [-0.39, 0.29) is 29.2 Å². The second-order valence-electron chi connectivity index (χ2n) is 8.66. The molecule has 1 aliphatic carbocycles. The van der Waals surface area contributed by atoms with Crippen LogP contribution in [0.3, 0.4) is 0 Å². The first-order chi connectivity index (χ1) is 15.0. The third kappa shape index (κ3) is 4.45. The lowest BCUT2D eigenvalue weighted by atomic mass is 9.86. The molecule has 1 saturated carbocycles. The maximum Gasteiger partial charge on any atom is 0.251 e. The molecule has 4 rings (SSSR count). The van der Waals surface area contributed by atoms with Crippen molar-refractivity contribution >= 4 is 5.91 Å². The number of hydrogen-bond donors (Lipinski definition) is 1. The number of carbonyl (C=O) groups excluding carboxylic acids is 1. The third-order valence-corrected chi connectivity index (χ3v) is 6.68. The number of aromatic nitrogens is 2. The Bertz CT molecular complexity index is 997. The minimum atomic E-state index is -0.161. The van der Waals surface area contributed by atoms with Gasteiger partial charge in [-0.3, -0.25) is 9.59 Å². The van der Waals surface area contributed by atoms with Crippen LogP contribution in [0.4, 0.5) is 0 Å². The van der Waals surface area contributed by atoms with Gasteiger partial charge >= 0.3 is 0 Å². The van der Waals surface area contributed by atoms with Crippen LogP contribution in [-0.4, -0.2) is 48.1 Å². The molecule has 7 heteroatoms. The van der Waals surface area contributed by atoms with Crippen molar-refractivity contribution in [1.29, 1.82) is 0 Å². The van der Waals surface area contributed by atoms with Crippen LogP contribution >= 0.6 is 0 Å². The fourth-order valence-corrected chi connectivity index (χ4v) is 5.10.